The molecule has 1 fully saturated rings. The Hall–Kier alpha value is -3.43. The van der Waals surface area contributed by atoms with Gasteiger partial charge in [0, 0.05) is 37.9 Å². The standard InChI is InChI=1S/C24H29F2N5O3/c1-24(2,3)34-22(32)28-17-6-5-11-30(14-17)19-9-10-27-21-20(19)31(23(33)29(21)4)13-15-12-16(25)7-8-18(15)26/h7-10,12,17H,5-6,11,13-14H2,1-4H3,(H,28,32)/t17-/m1/s1. The average molecular weight is 474 g/mol. The van der Waals surface area contributed by atoms with Gasteiger partial charge < -0.3 is 15.0 Å². The van der Waals surface area contributed by atoms with Crippen LogP contribution in [0.25, 0.3) is 11.2 Å². The maximum absolute atomic E-state index is 14.4. The highest BCUT2D eigenvalue weighted by Gasteiger charge is 2.27. The first kappa shape index (κ1) is 23.7. The molecule has 1 aromatic carbocycles. The second-order valence-corrected chi connectivity index (χ2v) is 9.60. The Bertz CT molecular complexity index is 1280. The third kappa shape index (κ3) is 4.90. The molecular formula is C24H29F2N5O3. The number of hydrogen-bond acceptors (Lipinski definition) is 5. The van der Waals surface area contributed by atoms with Crippen LogP contribution in [-0.4, -0.2) is 44.9 Å². The first-order valence-electron chi connectivity index (χ1n) is 11.3. The van der Waals surface area contributed by atoms with Crippen LogP contribution in [0.5, 0.6) is 0 Å². The molecular weight excluding hydrogens is 444 g/mol. The van der Waals surface area contributed by atoms with Gasteiger partial charge in [0.05, 0.1) is 12.2 Å². The van der Waals surface area contributed by atoms with Gasteiger partial charge in [-0.25, -0.2) is 23.4 Å². The Kier molecular flexibility index (Phi) is 6.33. The lowest BCUT2D eigenvalue weighted by molar-refractivity contribution is 0.0500. The van der Waals surface area contributed by atoms with Crippen LogP contribution in [0.4, 0.5) is 19.3 Å². The maximum atomic E-state index is 14.4. The summed E-state index contributed by atoms with van der Waals surface area (Å²) in [4.78, 5) is 31.8. The molecule has 1 amide bonds. The van der Waals surface area contributed by atoms with E-state index in [-0.39, 0.29) is 23.8 Å². The van der Waals surface area contributed by atoms with E-state index in [0.29, 0.717) is 24.3 Å². The smallest absolute Gasteiger partial charge is 0.407 e. The Balaban J connectivity index is 1.68. The Labute approximate surface area is 196 Å². The fraction of sp³-hybridized carbons (Fsp3) is 0.458. The molecule has 1 N–H and O–H groups in total. The zero-order chi connectivity index (χ0) is 24.6. The van der Waals surface area contributed by atoms with Gasteiger partial charge in [-0.15, -0.1) is 0 Å². The van der Waals surface area contributed by atoms with Gasteiger partial charge in [0.2, 0.25) is 0 Å². The largest absolute Gasteiger partial charge is 0.444 e. The quantitative estimate of drug-likeness (QED) is 0.627. The molecule has 0 bridgehead atoms. The van der Waals surface area contributed by atoms with Gasteiger partial charge in [0.1, 0.15) is 22.8 Å². The molecule has 0 aliphatic carbocycles. The number of hydrogen-bond donors (Lipinski definition) is 1. The van der Waals surface area contributed by atoms with Crippen LogP contribution >= 0.6 is 0 Å². The number of aryl methyl sites for hydroxylation is 1. The number of pyridine rings is 1. The van der Waals surface area contributed by atoms with Crippen molar-refractivity contribution in [1.82, 2.24) is 19.4 Å². The average Bonchev–Trinajstić information content (AvgIpc) is 3.00. The summed E-state index contributed by atoms with van der Waals surface area (Å²) in [6.45, 7) is 6.52. The van der Waals surface area contributed by atoms with E-state index >= 15 is 0 Å². The fourth-order valence-corrected chi connectivity index (χ4v) is 4.33. The molecule has 4 rings (SSSR count). The Morgan fingerprint density at radius 1 is 1.26 bits per heavy atom. The number of halogens is 2. The molecule has 1 aliphatic heterocycles. The van der Waals surface area contributed by atoms with Gasteiger partial charge in [0.25, 0.3) is 0 Å². The number of nitrogens with one attached hydrogen (secondary N) is 1. The minimum absolute atomic E-state index is 0.0764. The number of carbonyl (C=O) groups is 1. The van der Waals surface area contributed by atoms with Crippen molar-refractivity contribution in [2.24, 2.45) is 7.05 Å². The minimum atomic E-state index is -0.595. The number of anilines is 1. The molecule has 3 aromatic rings. The molecule has 10 heteroatoms. The molecule has 1 saturated heterocycles. The van der Waals surface area contributed by atoms with Crippen molar-refractivity contribution in [3.63, 3.8) is 0 Å². The van der Waals surface area contributed by atoms with Crippen LogP contribution in [0.2, 0.25) is 0 Å². The molecule has 0 saturated carbocycles. The molecule has 182 valence electrons. The number of benzene rings is 1. The zero-order valence-corrected chi connectivity index (χ0v) is 19.8. The number of amides is 1. The number of nitrogens with zero attached hydrogens (tertiary/aromatic N) is 4. The van der Waals surface area contributed by atoms with Gasteiger partial charge in [0.15, 0.2) is 5.65 Å². The Morgan fingerprint density at radius 2 is 2.03 bits per heavy atom. The highest BCUT2D eigenvalue weighted by molar-refractivity contribution is 5.87. The molecule has 3 heterocycles. The lowest BCUT2D eigenvalue weighted by atomic mass is 10.0. The lowest BCUT2D eigenvalue weighted by Gasteiger charge is -2.35. The number of alkyl carbamates (subject to hydrolysis) is 1. The van der Waals surface area contributed by atoms with E-state index in [1.807, 2.05) is 20.8 Å². The first-order chi connectivity index (χ1) is 16.0. The van der Waals surface area contributed by atoms with Crippen molar-refractivity contribution in [2.45, 2.75) is 51.8 Å². The molecule has 1 aliphatic rings. The third-order valence-electron chi connectivity index (χ3n) is 5.81. The highest BCUT2D eigenvalue weighted by Crippen LogP contribution is 2.28. The monoisotopic (exact) mass is 473 g/mol. The topological polar surface area (TPSA) is 81.4 Å². The fourth-order valence-electron chi connectivity index (χ4n) is 4.33. The molecule has 8 nitrogen and oxygen atoms in total. The normalized spacial score (nSPS) is 16.6. The van der Waals surface area contributed by atoms with E-state index in [4.69, 9.17) is 4.74 Å². The molecule has 0 radical (unpaired) electrons. The third-order valence-corrected chi connectivity index (χ3v) is 5.81. The maximum Gasteiger partial charge on any atom is 0.407 e. The van der Waals surface area contributed by atoms with Gasteiger partial charge in [-0.1, -0.05) is 0 Å². The second kappa shape index (κ2) is 9.08. The summed E-state index contributed by atoms with van der Waals surface area (Å²) >= 11 is 0. The number of aromatic nitrogens is 3. The second-order valence-electron chi connectivity index (χ2n) is 9.60. The summed E-state index contributed by atoms with van der Waals surface area (Å²) in [5.41, 5.74) is 0.835. The predicted octanol–water partition coefficient (Wildman–Crippen LogP) is 3.56. The van der Waals surface area contributed by atoms with Gasteiger partial charge >= 0.3 is 11.8 Å². The van der Waals surface area contributed by atoms with E-state index in [1.165, 1.54) is 9.13 Å². The van der Waals surface area contributed by atoms with Gasteiger partial charge in [-0.3, -0.25) is 9.13 Å². The van der Waals surface area contributed by atoms with Crippen molar-refractivity contribution in [2.75, 3.05) is 18.0 Å². The van der Waals surface area contributed by atoms with Gasteiger partial charge in [-0.05, 0) is 57.9 Å². The summed E-state index contributed by atoms with van der Waals surface area (Å²) in [5, 5.41) is 2.92. The summed E-state index contributed by atoms with van der Waals surface area (Å²) < 4.78 is 36.3. The zero-order valence-electron chi connectivity index (χ0n) is 19.8. The van der Waals surface area contributed by atoms with Crippen molar-refractivity contribution in [1.29, 1.82) is 0 Å². The summed E-state index contributed by atoms with van der Waals surface area (Å²) in [7, 11) is 1.60. The van der Waals surface area contributed by atoms with Crippen LogP contribution in [0.15, 0.2) is 35.3 Å². The SMILES string of the molecule is Cn1c(=O)n(Cc2cc(F)ccc2F)c2c(N3CCC[C@@H](NC(=O)OC(C)(C)C)C3)ccnc21. The number of piperidine rings is 1. The Morgan fingerprint density at radius 3 is 2.76 bits per heavy atom. The van der Waals surface area contributed by atoms with Crippen molar-refractivity contribution >= 4 is 22.9 Å². The molecule has 0 spiro atoms. The summed E-state index contributed by atoms with van der Waals surface area (Å²) in [6, 6.07) is 4.85. The van der Waals surface area contributed by atoms with Crippen LogP contribution in [0.1, 0.15) is 39.2 Å². The van der Waals surface area contributed by atoms with E-state index in [9.17, 15) is 18.4 Å². The lowest BCUT2D eigenvalue weighted by Crippen LogP contribution is -2.49. The van der Waals surface area contributed by atoms with E-state index in [0.717, 1.165) is 36.7 Å². The van der Waals surface area contributed by atoms with Crippen LogP contribution in [0.3, 0.4) is 0 Å². The number of rotatable bonds is 4. The van der Waals surface area contributed by atoms with E-state index < -0.39 is 23.3 Å². The summed E-state index contributed by atoms with van der Waals surface area (Å²) in [5.74, 6) is -1.16. The number of ether oxygens (including phenoxy) is 1. The number of carbonyl (C=O) groups excluding carboxylic acids is 1. The van der Waals surface area contributed by atoms with Crippen molar-refractivity contribution in [3.8, 4) is 0 Å². The van der Waals surface area contributed by atoms with Gasteiger partial charge in [-0.2, -0.15) is 0 Å². The van der Waals surface area contributed by atoms with Crippen LogP contribution < -0.4 is 15.9 Å². The van der Waals surface area contributed by atoms with Crippen molar-refractivity contribution in [3.05, 3.63) is 58.1 Å². The van der Waals surface area contributed by atoms with Crippen LogP contribution in [-0.2, 0) is 18.3 Å². The molecule has 0 unspecified atom stereocenters. The molecule has 34 heavy (non-hydrogen) atoms. The van der Waals surface area contributed by atoms with Crippen LogP contribution in [0, 0.1) is 11.6 Å². The first-order valence-corrected chi connectivity index (χ1v) is 11.3. The molecule has 2 aromatic heterocycles. The van der Waals surface area contributed by atoms with Crippen molar-refractivity contribution < 1.29 is 18.3 Å². The summed E-state index contributed by atoms with van der Waals surface area (Å²) in [6.07, 6.45) is 2.76. The van der Waals surface area contributed by atoms with E-state index in [1.54, 1.807) is 19.3 Å². The predicted molar refractivity (Wildman–Crippen MR) is 125 cm³/mol. The number of imidazole rings is 1. The highest BCUT2D eigenvalue weighted by atomic mass is 19.1. The minimum Gasteiger partial charge on any atom is -0.444 e. The van der Waals surface area contributed by atoms with E-state index in [2.05, 4.69) is 15.2 Å². The number of fused-ring (bicyclic) bond motifs is 1. The molecule has 1 atom stereocenters.